The Morgan fingerprint density at radius 3 is 1.50 bits per heavy atom. The van der Waals surface area contributed by atoms with Crippen molar-refractivity contribution in [3.05, 3.63) is 83.9 Å². The lowest BCUT2D eigenvalue weighted by Crippen LogP contribution is -2.54. The molecular weight excluding hydrogens is 428 g/mol. The molecule has 2 fully saturated rings. The van der Waals surface area contributed by atoms with E-state index >= 15 is 0 Å². The molecule has 34 heavy (non-hydrogen) atoms. The van der Waals surface area contributed by atoms with Gasteiger partial charge in [-0.15, -0.1) is 0 Å². The first-order valence-corrected chi connectivity index (χ1v) is 11.7. The van der Waals surface area contributed by atoms with E-state index in [0.29, 0.717) is 25.9 Å². The van der Waals surface area contributed by atoms with E-state index in [1.165, 1.54) is 0 Å². The van der Waals surface area contributed by atoms with Crippen molar-refractivity contribution in [3.8, 4) is 0 Å². The second-order valence-electron chi connectivity index (χ2n) is 8.49. The summed E-state index contributed by atoms with van der Waals surface area (Å²) in [4.78, 5) is 41.5. The van der Waals surface area contributed by atoms with E-state index in [2.05, 4.69) is 10.6 Å². The van der Waals surface area contributed by atoms with Gasteiger partial charge in [-0.05, 0) is 49.0 Å². The summed E-state index contributed by atoms with van der Waals surface area (Å²) >= 11 is 0. The summed E-state index contributed by atoms with van der Waals surface area (Å²) in [7, 11) is 0. The molecule has 0 aromatic heterocycles. The maximum atomic E-state index is 12.7. The van der Waals surface area contributed by atoms with Gasteiger partial charge in [0.15, 0.2) is 0 Å². The predicted octanol–water partition coefficient (Wildman–Crippen LogP) is 3.61. The zero-order chi connectivity index (χ0) is 23.8. The smallest absolute Gasteiger partial charge is 0.318 e. The van der Waals surface area contributed by atoms with Crippen molar-refractivity contribution in [2.75, 3.05) is 13.1 Å². The van der Waals surface area contributed by atoms with Gasteiger partial charge in [-0.2, -0.15) is 0 Å². The van der Waals surface area contributed by atoms with E-state index < -0.39 is 0 Å². The minimum absolute atomic E-state index is 0.129. The second kappa shape index (κ2) is 11.3. The maximum Gasteiger partial charge on any atom is 0.318 e. The number of amides is 4. The van der Waals surface area contributed by atoms with Crippen molar-refractivity contribution in [3.63, 3.8) is 0 Å². The van der Waals surface area contributed by atoms with Crippen molar-refractivity contribution in [2.45, 2.75) is 38.0 Å². The molecule has 0 radical (unpaired) electrons. The Labute approximate surface area is 200 Å². The SMILES string of the molecule is O=C(NC1CCCN1C(=O)/C=C/c1ccccc1)NC1CCCN1C(=O)/C=C/c1ccccc1. The topological polar surface area (TPSA) is 81.8 Å². The average Bonchev–Trinajstić information content (AvgIpc) is 3.52. The lowest BCUT2D eigenvalue weighted by Gasteiger charge is -2.28. The van der Waals surface area contributed by atoms with Crippen LogP contribution in [0.15, 0.2) is 72.8 Å². The average molecular weight is 459 g/mol. The molecule has 2 aliphatic rings. The second-order valence-corrected chi connectivity index (χ2v) is 8.49. The van der Waals surface area contributed by atoms with E-state index in [1.54, 1.807) is 34.1 Å². The first kappa shape index (κ1) is 23.3. The number of hydrogen-bond acceptors (Lipinski definition) is 3. The van der Waals surface area contributed by atoms with Gasteiger partial charge < -0.3 is 20.4 Å². The molecule has 0 aliphatic carbocycles. The van der Waals surface area contributed by atoms with Crippen LogP contribution in [0.2, 0.25) is 0 Å². The maximum absolute atomic E-state index is 12.7. The minimum atomic E-state index is -0.367. The number of nitrogens with zero attached hydrogens (tertiary/aromatic N) is 2. The summed E-state index contributed by atoms with van der Waals surface area (Å²) < 4.78 is 0. The fraction of sp³-hybridized carbons (Fsp3) is 0.296. The third kappa shape index (κ3) is 6.13. The van der Waals surface area contributed by atoms with E-state index in [-0.39, 0.29) is 30.2 Å². The van der Waals surface area contributed by atoms with Crippen molar-refractivity contribution in [1.29, 1.82) is 0 Å². The van der Waals surface area contributed by atoms with Crippen molar-refractivity contribution >= 4 is 30.0 Å². The normalized spacial score (nSPS) is 20.2. The van der Waals surface area contributed by atoms with Crippen LogP contribution in [0.5, 0.6) is 0 Å². The Hall–Kier alpha value is -3.87. The van der Waals surface area contributed by atoms with E-state index in [0.717, 1.165) is 24.0 Å². The van der Waals surface area contributed by atoms with Crippen LogP contribution >= 0.6 is 0 Å². The zero-order valence-corrected chi connectivity index (χ0v) is 19.1. The third-order valence-electron chi connectivity index (χ3n) is 6.10. The monoisotopic (exact) mass is 458 g/mol. The molecule has 2 N–H and O–H groups in total. The molecule has 2 atom stereocenters. The standard InChI is InChI=1S/C27H30N4O3/c32-25(17-15-21-9-3-1-4-10-21)30-19-7-13-23(30)28-27(34)29-24-14-8-20-31(24)26(33)18-16-22-11-5-2-6-12-22/h1-6,9-12,15-18,23-24H,7-8,13-14,19-20H2,(H2,28,29,34)/b17-15+,18-16+. The Morgan fingerprint density at radius 1 is 0.676 bits per heavy atom. The van der Waals surface area contributed by atoms with Crippen LogP contribution < -0.4 is 10.6 Å². The van der Waals surface area contributed by atoms with Gasteiger partial charge >= 0.3 is 6.03 Å². The molecule has 4 rings (SSSR count). The fourth-order valence-electron chi connectivity index (χ4n) is 4.36. The Bertz CT molecular complexity index is 969. The summed E-state index contributed by atoms with van der Waals surface area (Å²) in [5.41, 5.74) is 1.90. The largest absolute Gasteiger partial charge is 0.319 e. The van der Waals surface area contributed by atoms with Gasteiger partial charge in [0.2, 0.25) is 11.8 Å². The fourth-order valence-corrected chi connectivity index (χ4v) is 4.36. The van der Waals surface area contributed by atoms with Gasteiger partial charge in [0.25, 0.3) is 0 Å². The number of carbonyl (C=O) groups is 3. The van der Waals surface area contributed by atoms with Crippen molar-refractivity contribution < 1.29 is 14.4 Å². The Balaban J connectivity index is 1.30. The molecule has 2 unspecified atom stereocenters. The van der Waals surface area contributed by atoms with Crippen LogP contribution in [-0.4, -0.2) is 53.1 Å². The van der Waals surface area contributed by atoms with Crippen molar-refractivity contribution in [2.24, 2.45) is 0 Å². The number of carbonyl (C=O) groups excluding carboxylic acids is 3. The molecule has 2 heterocycles. The molecule has 4 amide bonds. The highest BCUT2D eigenvalue weighted by Gasteiger charge is 2.32. The van der Waals surface area contributed by atoms with Crippen molar-refractivity contribution in [1.82, 2.24) is 20.4 Å². The van der Waals surface area contributed by atoms with Gasteiger partial charge in [-0.1, -0.05) is 60.7 Å². The number of rotatable bonds is 6. The van der Waals surface area contributed by atoms with E-state index in [9.17, 15) is 14.4 Å². The van der Waals surface area contributed by atoms with E-state index in [1.807, 2.05) is 60.7 Å². The summed E-state index contributed by atoms with van der Waals surface area (Å²) in [6, 6.07) is 18.9. The van der Waals surface area contributed by atoms with Crippen LogP contribution in [0.25, 0.3) is 12.2 Å². The van der Waals surface area contributed by atoms with Crippen LogP contribution in [0.4, 0.5) is 4.79 Å². The first-order valence-electron chi connectivity index (χ1n) is 11.7. The summed E-state index contributed by atoms with van der Waals surface area (Å²) in [6.45, 7) is 1.20. The molecule has 0 spiro atoms. The van der Waals surface area contributed by atoms with Crippen LogP contribution in [0.1, 0.15) is 36.8 Å². The van der Waals surface area contributed by atoms with E-state index in [4.69, 9.17) is 0 Å². The first-order chi connectivity index (χ1) is 16.6. The minimum Gasteiger partial charge on any atom is -0.319 e. The molecule has 7 heteroatoms. The van der Waals surface area contributed by atoms with Crippen LogP contribution in [0, 0.1) is 0 Å². The molecule has 2 saturated heterocycles. The van der Waals surface area contributed by atoms with Crippen LogP contribution in [-0.2, 0) is 9.59 Å². The number of hydrogen-bond donors (Lipinski definition) is 2. The molecule has 2 aromatic carbocycles. The number of nitrogens with one attached hydrogen (secondary N) is 2. The van der Waals surface area contributed by atoms with Gasteiger partial charge in [0.1, 0.15) is 12.3 Å². The molecule has 2 aromatic rings. The van der Waals surface area contributed by atoms with Gasteiger partial charge in [0.05, 0.1) is 0 Å². The number of likely N-dealkylation sites (tertiary alicyclic amines) is 2. The van der Waals surface area contributed by atoms with Gasteiger partial charge in [0, 0.05) is 25.2 Å². The van der Waals surface area contributed by atoms with Gasteiger partial charge in [-0.3, -0.25) is 9.59 Å². The number of benzene rings is 2. The van der Waals surface area contributed by atoms with Crippen LogP contribution in [0.3, 0.4) is 0 Å². The highest BCUT2D eigenvalue weighted by atomic mass is 16.2. The molecule has 0 saturated carbocycles. The third-order valence-corrected chi connectivity index (χ3v) is 6.10. The predicted molar refractivity (Wildman–Crippen MR) is 132 cm³/mol. The summed E-state index contributed by atoms with van der Waals surface area (Å²) in [5.74, 6) is -0.259. The number of urea groups is 1. The molecule has 7 nitrogen and oxygen atoms in total. The molecular formula is C27H30N4O3. The quantitative estimate of drug-likeness (QED) is 0.649. The summed E-state index contributed by atoms with van der Waals surface area (Å²) in [6.07, 6.45) is 8.98. The molecule has 176 valence electrons. The zero-order valence-electron chi connectivity index (χ0n) is 19.1. The van der Waals surface area contributed by atoms with Gasteiger partial charge in [-0.25, -0.2) is 4.79 Å². The highest BCUT2D eigenvalue weighted by molar-refractivity contribution is 5.93. The lowest BCUT2D eigenvalue weighted by atomic mass is 10.2. The lowest BCUT2D eigenvalue weighted by molar-refractivity contribution is -0.127. The highest BCUT2D eigenvalue weighted by Crippen LogP contribution is 2.18. The Kier molecular flexibility index (Phi) is 7.75. The molecule has 0 bridgehead atoms. The summed E-state index contributed by atoms with van der Waals surface area (Å²) in [5, 5.41) is 5.83. The Morgan fingerprint density at radius 2 is 1.09 bits per heavy atom. The molecule has 2 aliphatic heterocycles.